The number of carbonyl (C=O) groups is 1. The molecule has 0 unspecified atom stereocenters. The number of nitrogens with zero attached hydrogens (tertiary/aromatic N) is 2. The lowest BCUT2D eigenvalue weighted by Gasteiger charge is -2.22. The van der Waals surface area contributed by atoms with E-state index in [1.165, 1.54) is 24.4 Å². The Hall–Kier alpha value is -1.33. The van der Waals surface area contributed by atoms with Crippen LogP contribution in [0.3, 0.4) is 0 Å². The van der Waals surface area contributed by atoms with Gasteiger partial charge >= 0.3 is 0 Å². The molecule has 0 saturated carbocycles. The molecule has 1 aromatic rings. The minimum absolute atomic E-state index is 0.225. The van der Waals surface area contributed by atoms with Crippen molar-refractivity contribution in [2.75, 3.05) is 19.4 Å². The molecule has 2 N–H and O–H groups in total. The molecule has 1 rings (SSSR count). The van der Waals surface area contributed by atoms with Crippen LogP contribution in [0.1, 0.15) is 24.2 Å². The molecule has 0 saturated heterocycles. The number of nitrogens with two attached hydrogens (primary N) is 1. The lowest BCUT2D eigenvalue weighted by atomic mass is 10.2. The monoisotopic (exact) mass is 257 g/mol. The van der Waals surface area contributed by atoms with E-state index in [9.17, 15) is 4.79 Å². The molecular weight excluding hydrogens is 242 g/mol. The van der Waals surface area contributed by atoms with Crippen molar-refractivity contribution < 1.29 is 9.63 Å². The van der Waals surface area contributed by atoms with Gasteiger partial charge in [-0.3, -0.25) is 9.63 Å². The largest absolute Gasteiger partial charge is 0.397 e. The summed E-state index contributed by atoms with van der Waals surface area (Å²) < 4.78 is 0. The molecule has 0 bridgehead atoms. The number of hydrogen-bond donors (Lipinski definition) is 1. The van der Waals surface area contributed by atoms with Crippen LogP contribution in [0.25, 0.3) is 0 Å². The average Bonchev–Trinajstić information content (AvgIpc) is 2.28. The standard InChI is InChI=1S/C11H16ClN3O2/c1-7(2)6-15(17-3)11(16)8-4-10(12)14-5-9(8)13/h4-5,7H,6,13H2,1-3H3. The number of aromatic nitrogens is 1. The Morgan fingerprint density at radius 1 is 1.65 bits per heavy atom. The second-order valence-corrected chi connectivity index (χ2v) is 4.42. The van der Waals surface area contributed by atoms with Crippen molar-refractivity contribution in [1.82, 2.24) is 10.0 Å². The van der Waals surface area contributed by atoms with E-state index in [0.29, 0.717) is 12.1 Å². The third-order valence-corrected chi connectivity index (χ3v) is 2.32. The van der Waals surface area contributed by atoms with Gasteiger partial charge in [0.25, 0.3) is 5.91 Å². The average molecular weight is 258 g/mol. The van der Waals surface area contributed by atoms with Crippen molar-refractivity contribution in [3.8, 4) is 0 Å². The van der Waals surface area contributed by atoms with Crippen molar-refractivity contribution in [3.05, 3.63) is 23.0 Å². The topological polar surface area (TPSA) is 68.5 Å². The van der Waals surface area contributed by atoms with Crippen molar-refractivity contribution in [1.29, 1.82) is 0 Å². The number of amides is 1. The highest BCUT2D eigenvalue weighted by molar-refractivity contribution is 6.29. The number of carbonyl (C=O) groups excluding carboxylic acids is 1. The number of pyridine rings is 1. The van der Waals surface area contributed by atoms with Gasteiger partial charge in [-0.2, -0.15) is 0 Å². The van der Waals surface area contributed by atoms with Gasteiger partial charge in [0.1, 0.15) is 5.15 Å². The van der Waals surface area contributed by atoms with Crippen molar-refractivity contribution >= 4 is 23.2 Å². The quantitative estimate of drug-likeness (QED) is 0.661. The van der Waals surface area contributed by atoms with E-state index in [1.54, 1.807) is 0 Å². The molecule has 6 heteroatoms. The zero-order valence-electron chi connectivity index (χ0n) is 10.1. The van der Waals surface area contributed by atoms with E-state index < -0.39 is 0 Å². The molecule has 17 heavy (non-hydrogen) atoms. The predicted octanol–water partition coefficient (Wildman–Crippen LogP) is 1.98. The molecule has 0 spiro atoms. The van der Waals surface area contributed by atoms with Gasteiger partial charge in [0, 0.05) is 0 Å². The van der Waals surface area contributed by atoms with Crippen LogP contribution in [-0.2, 0) is 4.84 Å². The number of rotatable bonds is 4. The first-order chi connectivity index (χ1) is 7.95. The number of nitrogen functional groups attached to an aromatic ring is 1. The van der Waals surface area contributed by atoms with E-state index in [2.05, 4.69) is 4.98 Å². The van der Waals surface area contributed by atoms with Crippen LogP contribution >= 0.6 is 11.6 Å². The molecule has 5 nitrogen and oxygen atoms in total. The zero-order valence-corrected chi connectivity index (χ0v) is 10.9. The summed E-state index contributed by atoms with van der Waals surface area (Å²) >= 11 is 5.74. The SMILES string of the molecule is CON(CC(C)C)C(=O)c1cc(Cl)ncc1N. The van der Waals surface area contributed by atoms with Crippen LogP contribution in [0.4, 0.5) is 5.69 Å². The van der Waals surface area contributed by atoms with Crippen LogP contribution < -0.4 is 5.73 Å². The second-order valence-electron chi connectivity index (χ2n) is 4.04. The fraction of sp³-hybridized carbons (Fsp3) is 0.455. The van der Waals surface area contributed by atoms with E-state index >= 15 is 0 Å². The van der Waals surface area contributed by atoms with E-state index in [-0.39, 0.29) is 22.7 Å². The molecule has 0 aliphatic heterocycles. The third kappa shape index (κ3) is 3.57. The first kappa shape index (κ1) is 13.7. The molecule has 0 fully saturated rings. The molecule has 0 aliphatic carbocycles. The Morgan fingerprint density at radius 3 is 2.82 bits per heavy atom. The lowest BCUT2D eigenvalue weighted by Crippen LogP contribution is -2.33. The van der Waals surface area contributed by atoms with Gasteiger partial charge in [0.15, 0.2) is 0 Å². The van der Waals surface area contributed by atoms with Gasteiger partial charge in [0.2, 0.25) is 0 Å². The van der Waals surface area contributed by atoms with Gasteiger partial charge in [-0.05, 0) is 12.0 Å². The summed E-state index contributed by atoms with van der Waals surface area (Å²) in [5, 5.41) is 1.48. The van der Waals surface area contributed by atoms with Crippen LogP contribution in [0, 0.1) is 5.92 Å². The Balaban J connectivity index is 2.97. The molecule has 94 valence electrons. The number of halogens is 1. The van der Waals surface area contributed by atoms with Gasteiger partial charge in [0.05, 0.1) is 31.1 Å². The van der Waals surface area contributed by atoms with Crippen LogP contribution in [0.15, 0.2) is 12.3 Å². The Kier molecular flexibility index (Phi) is 4.72. The minimum Gasteiger partial charge on any atom is -0.397 e. The van der Waals surface area contributed by atoms with E-state index in [0.717, 1.165) is 0 Å². The Morgan fingerprint density at radius 2 is 2.29 bits per heavy atom. The van der Waals surface area contributed by atoms with E-state index in [1.807, 2.05) is 13.8 Å². The van der Waals surface area contributed by atoms with Gasteiger partial charge < -0.3 is 5.73 Å². The van der Waals surface area contributed by atoms with Crippen LogP contribution in [0.5, 0.6) is 0 Å². The van der Waals surface area contributed by atoms with Gasteiger partial charge in [-0.25, -0.2) is 10.0 Å². The first-order valence-corrected chi connectivity index (χ1v) is 5.60. The molecule has 1 amide bonds. The lowest BCUT2D eigenvalue weighted by molar-refractivity contribution is -0.101. The summed E-state index contributed by atoms with van der Waals surface area (Å²) in [6.45, 7) is 4.46. The summed E-state index contributed by atoms with van der Waals surface area (Å²) in [5.74, 6) is -0.0274. The second kappa shape index (κ2) is 5.84. The Labute approximate surface area is 105 Å². The van der Waals surface area contributed by atoms with Crippen molar-refractivity contribution in [3.63, 3.8) is 0 Å². The van der Waals surface area contributed by atoms with Crippen LogP contribution in [0.2, 0.25) is 5.15 Å². The number of anilines is 1. The summed E-state index contributed by atoms with van der Waals surface area (Å²) in [7, 11) is 1.44. The molecule has 0 atom stereocenters. The molecule has 0 radical (unpaired) electrons. The Bertz CT molecular complexity index is 410. The fourth-order valence-corrected chi connectivity index (χ4v) is 1.49. The molecule has 0 aromatic carbocycles. The highest BCUT2D eigenvalue weighted by Gasteiger charge is 2.19. The summed E-state index contributed by atoms with van der Waals surface area (Å²) in [6, 6.07) is 1.44. The highest BCUT2D eigenvalue weighted by Crippen LogP contribution is 2.17. The normalized spacial score (nSPS) is 10.6. The third-order valence-electron chi connectivity index (χ3n) is 2.11. The smallest absolute Gasteiger partial charge is 0.279 e. The maximum Gasteiger partial charge on any atom is 0.279 e. The molecule has 1 heterocycles. The first-order valence-electron chi connectivity index (χ1n) is 5.22. The predicted molar refractivity (Wildman–Crippen MR) is 66.5 cm³/mol. The van der Waals surface area contributed by atoms with Crippen molar-refractivity contribution in [2.45, 2.75) is 13.8 Å². The van der Waals surface area contributed by atoms with Gasteiger partial charge in [-0.15, -0.1) is 0 Å². The number of hydrogen-bond acceptors (Lipinski definition) is 4. The number of hydroxylamine groups is 2. The van der Waals surface area contributed by atoms with Gasteiger partial charge in [-0.1, -0.05) is 25.4 Å². The van der Waals surface area contributed by atoms with E-state index in [4.69, 9.17) is 22.2 Å². The minimum atomic E-state index is -0.317. The molecule has 0 aliphatic rings. The maximum atomic E-state index is 12.1. The highest BCUT2D eigenvalue weighted by atomic mass is 35.5. The summed E-state index contributed by atoms with van der Waals surface area (Å²) in [5.41, 5.74) is 6.27. The maximum absolute atomic E-state index is 12.1. The van der Waals surface area contributed by atoms with Crippen LogP contribution in [-0.4, -0.2) is 29.6 Å². The van der Waals surface area contributed by atoms with Crippen molar-refractivity contribution in [2.24, 2.45) is 5.92 Å². The summed E-state index contributed by atoms with van der Waals surface area (Å²) in [6.07, 6.45) is 1.36. The zero-order chi connectivity index (χ0) is 13.0. The summed E-state index contributed by atoms with van der Waals surface area (Å²) in [4.78, 5) is 21.0. The fourth-order valence-electron chi connectivity index (χ4n) is 1.33. The molecular formula is C11H16ClN3O2. The molecule has 1 aromatic heterocycles.